The van der Waals surface area contributed by atoms with Crippen molar-refractivity contribution >= 4 is 11.7 Å². The zero-order chi connectivity index (χ0) is 11.4. The van der Waals surface area contributed by atoms with Crippen LogP contribution in [0, 0.1) is 11.6 Å². The molecule has 0 saturated heterocycles. The molecule has 0 amide bonds. The van der Waals surface area contributed by atoms with Crippen LogP contribution in [-0.2, 0) is 9.53 Å². The lowest BCUT2D eigenvalue weighted by Crippen LogP contribution is -2.26. The zero-order valence-corrected chi connectivity index (χ0v) is 8.46. The van der Waals surface area contributed by atoms with Crippen LogP contribution in [0.4, 0.5) is 14.5 Å². The number of esters is 1. The molecule has 15 heavy (non-hydrogen) atoms. The molecule has 0 spiro atoms. The van der Waals surface area contributed by atoms with Gasteiger partial charge in [0.2, 0.25) is 0 Å². The van der Waals surface area contributed by atoms with Crippen LogP contribution in [0.2, 0.25) is 0 Å². The summed E-state index contributed by atoms with van der Waals surface area (Å²) in [5.74, 6) is -1.83. The highest BCUT2D eigenvalue weighted by Crippen LogP contribution is 2.16. The number of carbonyl (C=O) groups is 1. The van der Waals surface area contributed by atoms with Crippen LogP contribution >= 0.6 is 0 Å². The maximum atomic E-state index is 12.8. The number of rotatable bonds is 3. The third-order valence-corrected chi connectivity index (χ3v) is 1.88. The van der Waals surface area contributed by atoms with E-state index in [4.69, 9.17) is 0 Å². The van der Waals surface area contributed by atoms with Gasteiger partial charge in [-0.15, -0.1) is 0 Å². The molecule has 1 rings (SSSR count). The first-order valence-corrected chi connectivity index (χ1v) is 4.27. The van der Waals surface area contributed by atoms with Gasteiger partial charge in [-0.1, -0.05) is 0 Å². The lowest BCUT2D eigenvalue weighted by atomic mass is 10.3. The van der Waals surface area contributed by atoms with Gasteiger partial charge >= 0.3 is 5.97 Å². The van der Waals surface area contributed by atoms with Crippen molar-refractivity contribution in [3.8, 4) is 0 Å². The first-order chi connectivity index (χ1) is 7.02. The third kappa shape index (κ3) is 3.19. The molecule has 0 N–H and O–H groups in total. The summed E-state index contributed by atoms with van der Waals surface area (Å²) in [5.41, 5.74) is 0.290. The Bertz CT molecular complexity index is 348. The maximum Gasteiger partial charge on any atom is 0.325 e. The van der Waals surface area contributed by atoms with Crippen LogP contribution in [0.3, 0.4) is 0 Å². The average molecular weight is 215 g/mol. The lowest BCUT2D eigenvalue weighted by molar-refractivity contribution is -0.138. The summed E-state index contributed by atoms with van der Waals surface area (Å²) in [7, 11) is 2.80. The van der Waals surface area contributed by atoms with Gasteiger partial charge in [0.05, 0.1) is 7.11 Å². The van der Waals surface area contributed by atoms with Gasteiger partial charge in [-0.3, -0.25) is 4.79 Å². The first-order valence-electron chi connectivity index (χ1n) is 4.27. The van der Waals surface area contributed by atoms with E-state index in [1.807, 2.05) is 0 Å². The quantitative estimate of drug-likeness (QED) is 0.717. The fourth-order valence-electron chi connectivity index (χ4n) is 1.11. The van der Waals surface area contributed by atoms with Crippen molar-refractivity contribution in [2.24, 2.45) is 0 Å². The summed E-state index contributed by atoms with van der Waals surface area (Å²) < 4.78 is 30.1. The van der Waals surface area contributed by atoms with Crippen molar-refractivity contribution in [1.82, 2.24) is 0 Å². The van der Waals surface area contributed by atoms with Gasteiger partial charge in [0, 0.05) is 18.8 Å². The fourth-order valence-corrected chi connectivity index (χ4v) is 1.11. The molecular weight excluding hydrogens is 204 g/mol. The minimum atomic E-state index is -0.679. The van der Waals surface area contributed by atoms with Crippen LogP contribution in [0.15, 0.2) is 18.2 Å². The molecular formula is C10H11F2NO2. The Morgan fingerprint density at radius 3 is 2.33 bits per heavy atom. The third-order valence-electron chi connectivity index (χ3n) is 1.88. The summed E-state index contributed by atoms with van der Waals surface area (Å²) >= 11 is 0. The summed E-state index contributed by atoms with van der Waals surface area (Å²) in [6, 6.07) is 3.06. The topological polar surface area (TPSA) is 29.5 Å². The van der Waals surface area contributed by atoms with Gasteiger partial charge < -0.3 is 9.64 Å². The number of halogens is 2. The number of hydrogen-bond donors (Lipinski definition) is 0. The van der Waals surface area contributed by atoms with Gasteiger partial charge in [-0.05, 0) is 12.1 Å². The number of likely N-dealkylation sites (N-methyl/N-ethyl adjacent to an activating group) is 1. The van der Waals surface area contributed by atoms with E-state index in [9.17, 15) is 13.6 Å². The Kier molecular flexibility index (Phi) is 3.60. The lowest BCUT2D eigenvalue weighted by Gasteiger charge is -2.17. The molecule has 0 bridgehead atoms. The van der Waals surface area contributed by atoms with E-state index in [1.54, 1.807) is 7.05 Å². The van der Waals surface area contributed by atoms with E-state index in [1.165, 1.54) is 12.0 Å². The average Bonchev–Trinajstić information content (AvgIpc) is 2.16. The van der Waals surface area contributed by atoms with Crippen molar-refractivity contribution in [2.75, 3.05) is 25.6 Å². The highest BCUT2D eigenvalue weighted by atomic mass is 19.1. The highest BCUT2D eigenvalue weighted by molar-refractivity contribution is 5.75. The van der Waals surface area contributed by atoms with Crippen molar-refractivity contribution in [3.05, 3.63) is 29.8 Å². The highest BCUT2D eigenvalue weighted by Gasteiger charge is 2.09. The minimum Gasteiger partial charge on any atom is -0.468 e. The molecule has 3 nitrogen and oxygen atoms in total. The van der Waals surface area contributed by atoms with Gasteiger partial charge in [-0.2, -0.15) is 0 Å². The molecule has 0 radical (unpaired) electrons. The standard InChI is InChI=1S/C10H11F2NO2/c1-13(6-10(14)15-2)9-4-7(11)3-8(12)5-9/h3-5H,6H2,1-2H3. The normalized spacial score (nSPS) is 9.87. The van der Waals surface area contributed by atoms with Crippen LogP contribution in [0.1, 0.15) is 0 Å². The van der Waals surface area contributed by atoms with Crippen LogP contribution in [0.5, 0.6) is 0 Å². The Morgan fingerprint density at radius 2 is 1.87 bits per heavy atom. The summed E-state index contributed by atoms with van der Waals surface area (Å²) in [6.07, 6.45) is 0. The number of ether oxygens (including phenoxy) is 1. The molecule has 0 atom stereocenters. The van der Waals surface area contributed by atoms with Crippen molar-refractivity contribution < 1.29 is 18.3 Å². The molecule has 0 aliphatic rings. The van der Waals surface area contributed by atoms with Crippen molar-refractivity contribution in [1.29, 1.82) is 0 Å². The Balaban J connectivity index is 2.81. The molecule has 0 saturated carbocycles. The fraction of sp³-hybridized carbons (Fsp3) is 0.300. The number of carbonyl (C=O) groups excluding carboxylic acids is 1. The Morgan fingerprint density at radius 1 is 1.33 bits per heavy atom. The van der Waals surface area contributed by atoms with Crippen molar-refractivity contribution in [2.45, 2.75) is 0 Å². The number of methoxy groups -OCH3 is 1. The second-order valence-corrected chi connectivity index (χ2v) is 3.06. The van der Waals surface area contributed by atoms with Crippen LogP contribution < -0.4 is 4.90 Å². The SMILES string of the molecule is COC(=O)CN(C)c1cc(F)cc(F)c1. The molecule has 0 fully saturated rings. The van der Waals surface area contributed by atoms with E-state index < -0.39 is 17.6 Å². The predicted octanol–water partition coefficient (Wildman–Crippen LogP) is 1.57. The Hall–Kier alpha value is -1.65. The second kappa shape index (κ2) is 4.72. The summed E-state index contributed by atoms with van der Waals surface area (Å²) in [4.78, 5) is 12.3. The van der Waals surface area contributed by atoms with Crippen molar-refractivity contribution in [3.63, 3.8) is 0 Å². The van der Waals surface area contributed by atoms with E-state index in [0.29, 0.717) is 0 Å². The first kappa shape index (κ1) is 11.4. The summed E-state index contributed by atoms with van der Waals surface area (Å²) in [6.45, 7) is -0.0562. The van der Waals surface area contributed by atoms with E-state index >= 15 is 0 Å². The molecule has 0 aliphatic carbocycles. The van der Waals surface area contributed by atoms with E-state index in [0.717, 1.165) is 18.2 Å². The van der Waals surface area contributed by atoms with Crippen LogP contribution in [0.25, 0.3) is 0 Å². The largest absolute Gasteiger partial charge is 0.468 e. The molecule has 82 valence electrons. The van der Waals surface area contributed by atoms with Gasteiger partial charge in [0.1, 0.15) is 18.2 Å². The monoisotopic (exact) mass is 215 g/mol. The van der Waals surface area contributed by atoms with Gasteiger partial charge in [0.25, 0.3) is 0 Å². The van der Waals surface area contributed by atoms with E-state index in [2.05, 4.69) is 4.74 Å². The summed E-state index contributed by atoms with van der Waals surface area (Å²) in [5, 5.41) is 0. The second-order valence-electron chi connectivity index (χ2n) is 3.06. The molecule has 0 aromatic heterocycles. The molecule has 0 aliphatic heterocycles. The molecule has 0 heterocycles. The number of hydrogen-bond acceptors (Lipinski definition) is 3. The molecule has 0 unspecified atom stereocenters. The van der Waals surface area contributed by atoms with Gasteiger partial charge in [-0.25, -0.2) is 8.78 Å². The van der Waals surface area contributed by atoms with E-state index in [-0.39, 0.29) is 12.2 Å². The molecule has 5 heteroatoms. The molecule has 1 aromatic carbocycles. The van der Waals surface area contributed by atoms with Gasteiger partial charge in [0.15, 0.2) is 0 Å². The maximum absolute atomic E-state index is 12.8. The van der Waals surface area contributed by atoms with Crippen LogP contribution in [-0.4, -0.2) is 26.7 Å². The molecule has 1 aromatic rings. The zero-order valence-electron chi connectivity index (χ0n) is 8.46. The number of benzene rings is 1. The Labute approximate surface area is 86.3 Å². The minimum absolute atomic E-state index is 0.0562. The predicted molar refractivity (Wildman–Crippen MR) is 51.6 cm³/mol. The number of anilines is 1. The smallest absolute Gasteiger partial charge is 0.325 e. The number of nitrogens with zero attached hydrogens (tertiary/aromatic N) is 1.